The Bertz CT molecular complexity index is 1460. The van der Waals surface area contributed by atoms with Crippen molar-refractivity contribution in [2.45, 2.75) is 12.5 Å². The molecule has 35 heavy (non-hydrogen) atoms. The Kier molecular flexibility index (Phi) is 6.15. The molecule has 0 spiro atoms. The van der Waals surface area contributed by atoms with E-state index >= 15 is 0 Å². The average Bonchev–Trinajstić information content (AvgIpc) is 3.43. The molecule has 3 aromatic carbocycles. The third-order valence-corrected chi connectivity index (χ3v) is 6.20. The first-order chi connectivity index (χ1) is 16.9. The van der Waals surface area contributed by atoms with Crippen molar-refractivity contribution in [1.29, 1.82) is 0 Å². The van der Waals surface area contributed by atoms with E-state index in [-0.39, 0.29) is 11.9 Å². The zero-order valence-corrected chi connectivity index (χ0v) is 19.8. The van der Waals surface area contributed by atoms with Gasteiger partial charge in [0.15, 0.2) is 0 Å². The molecule has 1 aliphatic rings. The largest absolute Gasteiger partial charge is 0.480 e. The first-order valence-corrected chi connectivity index (χ1v) is 11.5. The molecule has 1 atom stereocenters. The van der Waals surface area contributed by atoms with Crippen molar-refractivity contribution in [2.24, 2.45) is 5.10 Å². The van der Waals surface area contributed by atoms with Crippen LogP contribution in [0.3, 0.4) is 0 Å². The van der Waals surface area contributed by atoms with Crippen LogP contribution in [0.4, 0.5) is 5.95 Å². The van der Waals surface area contributed by atoms with Crippen LogP contribution in [0, 0.1) is 0 Å². The lowest BCUT2D eigenvalue weighted by molar-refractivity contribution is -0.137. The minimum absolute atomic E-state index is 0.133. The molecule has 8 nitrogen and oxygen atoms in total. The van der Waals surface area contributed by atoms with E-state index < -0.39 is 18.2 Å². The number of carboxylic acid groups (broad SMARTS) is 1. The summed E-state index contributed by atoms with van der Waals surface area (Å²) in [7, 11) is 0. The average molecular weight is 508 g/mol. The summed E-state index contributed by atoms with van der Waals surface area (Å²) in [5, 5.41) is 21.5. The summed E-state index contributed by atoms with van der Waals surface area (Å²) < 4.78 is 2.26. The Morgan fingerprint density at radius 2 is 1.57 bits per heavy atom. The Morgan fingerprint density at radius 3 is 2.20 bits per heavy atom. The predicted molar refractivity (Wildman–Crippen MR) is 135 cm³/mol. The first kappa shape index (κ1) is 22.9. The fourth-order valence-electron chi connectivity index (χ4n) is 4.06. The van der Waals surface area contributed by atoms with Crippen LogP contribution in [0.15, 0.2) is 88.8 Å². The van der Waals surface area contributed by atoms with Gasteiger partial charge in [0.1, 0.15) is 6.54 Å². The van der Waals surface area contributed by atoms with Crippen molar-refractivity contribution in [2.75, 3.05) is 11.6 Å². The predicted octanol–water partition coefficient (Wildman–Crippen LogP) is 4.43. The lowest BCUT2D eigenvalue weighted by Crippen LogP contribution is -2.29. The van der Waals surface area contributed by atoms with Gasteiger partial charge in [-0.15, -0.1) is 5.10 Å². The Morgan fingerprint density at radius 1 is 0.943 bits per heavy atom. The van der Waals surface area contributed by atoms with Crippen LogP contribution < -0.4 is 10.7 Å². The molecule has 0 unspecified atom stereocenters. The molecule has 0 aliphatic carbocycles. The third kappa shape index (κ3) is 4.58. The van der Waals surface area contributed by atoms with E-state index in [0.29, 0.717) is 22.3 Å². The van der Waals surface area contributed by atoms with Crippen LogP contribution in [0.5, 0.6) is 0 Å². The standard InChI is InChI=1S/C25H19Cl2N5O3/c26-18-8-6-17(7-9-18)23-21(16-4-2-1-3-5-16)14-31(28-23)24-29-32(20-12-10-19(27)11-13-20)25(35)30(24)15-22(33)34/h1-13,21H,14-15H2,(H,33,34)/t21-/m1/s1. The van der Waals surface area contributed by atoms with Gasteiger partial charge >= 0.3 is 11.7 Å². The lowest BCUT2D eigenvalue weighted by atomic mass is 9.91. The number of aromatic nitrogens is 3. The lowest BCUT2D eigenvalue weighted by Gasteiger charge is -2.15. The van der Waals surface area contributed by atoms with Gasteiger partial charge in [-0.25, -0.2) is 14.4 Å². The summed E-state index contributed by atoms with van der Waals surface area (Å²) in [6, 6.07) is 23.8. The van der Waals surface area contributed by atoms with E-state index in [1.54, 1.807) is 41.4 Å². The molecule has 0 saturated carbocycles. The van der Waals surface area contributed by atoms with E-state index in [4.69, 9.17) is 28.3 Å². The molecule has 5 rings (SSSR count). The number of hydrazone groups is 1. The van der Waals surface area contributed by atoms with Gasteiger partial charge < -0.3 is 5.11 Å². The van der Waals surface area contributed by atoms with Crippen LogP contribution >= 0.6 is 23.2 Å². The van der Waals surface area contributed by atoms with Crippen molar-refractivity contribution in [3.63, 3.8) is 0 Å². The third-order valence-electron chi connectivity index (χ3n) is 5.69. The number of carbonyl (C=O) groups is 1. The smallest absolute Gasteiger partial charge is 0.352 e. The maximum Gasteiger partial charge on any atom is 0.352 e. The van der Waals surface area contributed by atoms with Crippen molar-refractivity contribution < 1.29 is 9.90 Å². The summed E-state index contributed by atoms with van der Waals surface area (Å²) in [6.07, 6.45) is 0. The van der Waals surface area contributed by atoms with Gasteiger partial charge in [-0.2, -0.15) is 9.78 Å². The molecule has 4 aromatic rings. The fraction of sp³-hybridized carbons (Fsp3) is 0.120. The fourth-order valence-corrected chi connectivity index (χ4v) is 4.31. The van der Waals surface area contributed by atoms with Gasteiger partial charge in [-0.3, -0.25) is 4.79 Å². The maximum atomic E-state index is 13.2. The molecule has 0 bridgehead atoms. The zero-order valence-electron chi connectivity index (χ0n) is 18.3. The monoisotopic (exact) mass is 507 g/mol. The van der Waals surface area contributed by atoms with E-state index in [9.17, 15) is 14.7 Å². The molecule has 0 radical (unpaired) electrons. The van der Waals surface area contributed by atoms with Crippen LogP contribution in [0.1, 0.15) is 17.0 Å². The summed E-state index contributed by atoms with van der Waals surface area (Å²) in [5.41, 5.74) is 2.55. The number of hydrogen-bond donors (Lipinski definition) is 1. The maximum absolute atomic E-state index is 13.2. The number of aliphatic carboxylic acids is 1. The van der Waals surface area contributed by atoms with E-state index in [1.165, 1.54) is 0 Å². The summed E-state index contributed by atoms with van der Waals surface area (Å²) in [6.45, 7) is -0.182. The van der Waals surface area contributed by atoms with Crippen LogP contribution in [0.25, 0.3) is 5.69 Å². The van der Waals surface area contributed by atoms with E-state index in [0.717, 1.165) is 26.1 Å². The number of carboxylic acids is 1. The number of rotatable bonds is 6. The number of nitrogens with zero attached hydrogens (tertiary/aromatic N) is 5. The summed E-state index contributed by atoms with van der Waals surface area (Å²) in [5.74, 6) is -1.16. The highest BCUT2D eigenvalue weighted by atomic mass is 35.5. The van der Waals surface area contributed by atoms with Gasteiger partial charge in [0.05, 0.1) is 17.9 Å². The number of hydrogen-bond acceptors (Lipinski definition) is 5. The highest BCUT2D eigenvalue weighted by Gasteiger charge is 2.33. The molecule has 1 aromatic heterocycles. The summed E-state index contributed by atoms with van der Waals surface area (Å²) >= 11 is 12.1. The van der Waals surface area contributed by atoms with Crippen molar-refractivity contribution in [3.8, 4) is 5.69 Å². The molecule has 1 N–H and O–H groups in total. The second-order valence-electron chi connectivity index (χ2n) is 7.99. The van der Waals surface area contributed by atoms with E-state index in [1.807, 2.05) is 42.5 Å². The Labute approximate surface area is 210 Å². The van der Waals surface area contributed by atoms with Crippen LogP contribution in [0.2, 0.25) is 10.0 Å². The van der Waals surface area contributed by atoms with Gasteiger partial charge in [-0.05, 0) is 47.5 Å². The molecule has 0 amide bonds. The van der Waals surface area contributed by atoms with Crippen molar-refractivity contribution in [3.05, 3.63) is 111 Å². The number of anilines is 1. The quantitative estimate of drug-likeness (QED) is 0.416. The SMILES string of the molecule is O=C(O)Cn1c(N2C[C@H](c3ccccc3)C(c3ccc(Cl)cc3)=N2)nn(-c2ccc(Cl)cc2)c1=O. The second kappa shape index (κ2) is 9.40. The van der Waals surface area contributed by atoms with Crippen LogP contribution in [-0.4, -0.2) is 37.7 Å². The Balaban J connectivity index is 1.63. The van der Waals surface area contributed by atoms with Crippen molar-refractivity contribution in [1.82, 2.24) is 14.3 Å². The van der Waals surface area contributed by atoms with Gasteiger partial charge in [0.25, 0.3) is 0 Å². The second-order valence-corrected chi connectivity index (χ2v) is 8.86. The van der Waals surface area contributed by atoms with Gasteiger partial charge in [-0.1, -0.05) is 65.7 Å². The minimum Gasteiger partial charge on any atom is -0.480 e. The molecule has 10 heteroatoms. The van der Waals surface area contributed by atoms with Gasteiger partial charge in [0.2, 0.25) is 5.95 Å². The normalized spacial score (nSPS) is 15.3. The molecular formula is C25H19Cl2N5O3. The topological polar surface area (TPSA) is 92.7 Å². The molecule has 0 fully saturated rings. The molecule has 2 heterocycles. The van der Waals surface area contributed by atoms with Crippen molar-refractivity contribution >= 4 is 40.8 Å². The zero-order chi connectivity index (χ0) is 24.5. The Hall–Kier alpha value is -3.88. The minimum atomic E-state index is -1.16. The molecular weight excluding hydrogens is 489 g/mol. The van der Waals surface area contributed by atoms with Crippen LogP contribution in [-0.2, 0) is 11.3 Å². The number of benzene rings is 3. The highest BCUT2D eigenvalue weighted by Crippen LogP contribution is 2.31. The molecule has 0 saturated heterocycles. The number of halogens is 2. The first-order valence-electron chi connectivity index (χ1n) is 10.8. The molecule has 1 aliphatic heterocycles. The highest BCUT2D eigenvalue weighted by molar-refractivity contribution is 6.31. The summed E-state index contributed by atoms with van der Waals surface area (Å²) in [4.78, 5) is 24.8. The van der Waals surface area contributed by atoms with E-state index in [2.05, 4.69) is 5.10 Å². The molecule has 176 valence electrons. The van der Waals surface area contributed by atoms with Gasteiger partial charge in [0, 0.05) is 16.0 Å².